The highest BCUT2D eigenvalue weighted by atomic mass is 19.4. The molecule has 0 aromatic heterocycles. The average Bonchev–Trinajstić information content (AvgIpc) is 2.18. The summed E-state index contributed by atoms with van der Waals surface area (Å²) in [6.45, 7) is -5.43. The summed E-state index contributed by atoms with van der Waals surface area (Å²) in [5, 5.41) is 3.26. The van der Waals surface area contributed by atoms with E-state index in [1.807, 2.05) is 0 Å². The number of nitrogens with two attached hydrogens (primary N) is 1. The molecule has 0 bridgehead atoms. The molecule has 0 atom stereocenters. The molecule has 17 heavy (non-hydrogen) atoms. The van der Waals surface area contributed by atoms with Crippen molar-refractivity contribution in [3.05, 3.63) is 29.6 Å². The number of carbonyl (C=O) groups is 1. The fourth-order valence-electron chi connectivity index (χ4n) is 1.06. The van der Waals surface area contributed by atoms with Gasteiger partial charge in [0.25, 0.3) is 0 Å². The molecule has 3 N–H and O–H groups in total. The molecule has 0 aliphatic carbocycles. The number of primary amides is 1. The van der Waals surface area contributed by atoms with E-state index in [1.165, 1.54) is 0 Å². The summed E-state index contributed by atoms with van der Waals surface area (Å²) < 4.78 is 50.0. The molecule has 1 rings (SSSR count). The summed E-state index contributed by atoms with van der Waals surface area (Å²) >= 11 is 0. The first kappa shape index (κ1) is 13.0. The van der Waals surface area contributed by atoms with Crippen LogP contribution in [0.5, 0.6) is 0 Å². The maximum Gasteiger partial charge on any atom is 0.512 e. The number of nitrogens with zero attached hydrogens (tertiary/aromatic N) is 1. The molecule has 0 spiro atoms. The van der Waals surface area contributed by atoms with Crippen LogP contribution in [-0.4, -0.2) is 19.2 Å². The van der Waals surface area contributed by atoms with Gasteiger partial charge in [0.05, 0.1) is 12.0 Å². The number of nitrogens with one attached hydrogen (secondary N) is 1. The third kappa shape index (κ3) is 3.78. The molecule has 0 heterocycles. The minimum Gasteiger partial charge on any atom is -0.445 e. The Hall–Kier alpha value is -2.06. The van der Waals surface area contributed by atoms with Gasteiger partial charge < -0.3 is 18.7 Å². The lowest BCUT2D eigenvalue weighted by Crippen LogP contribution is -2.37. The van der Waals surface area contributed by atoms with Crippen molar-refractivity contribution in [1.82, 2.24) is 5.43 Å². The van der Waals surface area contributed by atoms with Crippen molar-refractivity contribution in [3.8, 4) is 0 Å². The van der Waals surface area contributed by atoms with Crippen LogP contribution in [0.3, 0.4) is 0 Å². The number of hydrogen-bond donors (Lipinski definition) is 2. The molecule has 4 nitrogen and oxygen atoms in total. The fraction of sp³-hybridized carbons (Fsp3) is 0. The zero-order valence-electron chi connectivity index (χ0n) is 8.33. The molecular formula is C8H7BF4N3O-. The number of halogens is 4. The zero-order chi connectivity index (χ0) is 13.1. The van der Waals surface area contributed by atoms with Crippen LogP contribution in [0.1, 0.15) is 5.56 Å². The van der Waals surface area contributed by atoms with Crippen LogP contribution in [0.25, 0.3) is 0 Å². The first-order chi connectivity index (χ1) is 7.80. The molecule has 9 heteroatoms. The Balaban J connectivity index is 2.97. The van der Waals surface area contributed by atoms with Crippen LogP contribution in [0.15, 0.2) is 23.3 Å². The first-order valence-corrected chi connectivity index (χ1v) is 4.38. The SMILES string of the molecule is NC(=O)NN=Cc1ccc(F)c([B-](F)(F)F)c1. The standard InChI is InChI=1S/C8H7BF4N3O/c10-7-2-1-5(4-15-16-8(14)17)3-6(7)9(11,12)13/h1-4H,(H3,14,16,17)/q-1. The minimum absolute atomic E-state index is 0.00523. The summed E-state index contributed by atoms with van der Waals surface area (Å²) in [5.41, 5.74) is 5.14. The largest absolute Gasteiger partial charge is 0.512 e. The van der Waals surface area contributed by atoms with Gasteiger partial charge in [0.1, 0.15) is 0 Å². The molecule has 1 aromatic carbocycles. The molecule has 0 fully saturated rings. The zero-order valence-corrected chi connectivity index (χ0v) is 8.33. The average molecular weight is 248 g/mol. The normalized spacial score (nSPS) is 11.8. The number of urea groups is 1. The van der Waals surface area contributed by atoms with Crippen LogP contribution in [-0.2, 0) is 0 Å². The maximum atomic E-state index is 12.9. The van der Waals surface area contributed by atoms with Gasteiger partial charge >= 0.3 is 13.0 Å². The lowest BCUT2D eigenvalue weighted by molar-refractivity contribution is 0.249. The molecule has 1 aromatic rings. The predicted octanol–water partition coefficient (Wildman–Crippen LogP) is 0.882. The van der Waals surface area contributed by atoms with E-state index < -0.39 is 24.3 Å². The highest BCUT2D eigenvalue weighted by Gasteiger charge is 2.28. The van der Waals surface area contributed by atoms with E-state index in [4.69, 9.17) is 0 Å². The van der Waals surface area contributed by atoms with Crippen LogP contribution in [0, 0.1) is 5.82 Å². The van der Waals surface area contributed by atoms with E-state index in [0.717, 1.165) is 12.3 Å². The van der Waals surface area contributed by atoms with Crippen LogP contribution >= 0.6 is 0 Å². The molecule has 0 aliphatic rings. The number of benzene rings is 1. The third-order valence-corrected chi connectivity index (χ3v) is 1.76. The van der Waals surface area contributed by atoms with Gasteiger partial charge in [0.15, 0.2) is 0 Å². The van der Waals surface area contributed by atoms with Gasteiger partial charge in [-0.15, -0.1) is 0 Å². The van der Waals surface area contributed by atoms with E-state index in [2.05, 4.69) is 10.8 Å². The second-order valence-electron chi connectivity index (χ2n) is 3.09. The third-order valence-electron chi connectivity index (χ3n) is 1.76. The van der Waals surface area contributed by atoms with Gasteiger partial charge in [-0.3, -0.25) is 0 Å². The number of hydrogen-bond acceptors (Lipinski definition) is 2. The van der Waals surface area contributed by atoms with Crippen LogP contribution < -0.4 is 16.6 Å². The van der Waals surface area contributed by atoms with Crippen LogP contribution in [0.4, 0.5) is 22.1 Å². The highest BCUT2D eigenvalue weighted by Crippen LogP contribution is 2.12. The Morgan fingerprint density at radius 3 is 2.59 bits per heavy atom. The summed E-state index contributed by atoms with van der Waals surface area (Å²) in [5.74, 6) is -1.35. The van der Waals surface area contributed by atoms with Gasteiger partial charge in [0.2, 0.25) is 0 Å². The van der Waals surface area contributed by atoms with Crippen molar-refractivity contribution >= 4 is 24.7 Å². The maximum absolute atomic E-state index is 12.9. The Bertz CT molecular complexity index is 461. The second kappa shape index (κ2) is 4.85. The van der Waals surface area contributed by atoms with Crippen LogP contribution in [0.2, 0.25) is 0 Å². The van der Waals surface area contributed by atoms with E-state index in [1.54, 1.807) is 5.43 Å². The molecule has 0 saturated carbocycles. The summed E-state index contributed by atoms with van der Waals surface area (Å²) in [7, 11) is 0. The smallest absolute Gasteiger partial charge is 0.445 e. The lowest BCUT2D eigenvalue weighted by atomic mass is 9.79. The molecule has 0 aliphatic heterocycles. The van der Waals surface area contributed by atoms with Crippen molar-refractivity contribution in [3.63, 3.8) is 0 Å². The van der Waals surface area contributed by atoms with E-state index in [-0.39, 0.29) is 5.56 Å². The molecule has 0 unspecified atom stereocenters. The lowest BCUT2D eigenvalue weighted by Gasteiger charge is -2.15. The van der Waals surface area contributed by atoms with E-state index in [0.29, 0.717) is 12.1 Å². The number of rotatable bonds is 3. The quantitative estimate of drug-likeness (QED) is 0.354. The monoisotopic (exact) mass is 248 g/mol. The van der Waals surface area contributed by atoms with E-state index >= 15 is 0 Å². The van der Waals surface area contributed by atoms with Gasteiger partial charge in [-0.25, -0.2) is 14.6 Å². The van der Waals surface area contributed by atoms with Gasteiger partial charge in [-0.1, -0.05) is 17.6 Å². The van der Waals surface area contributed by atoms with Crippen molar-refractivity contribution in [1.29, 1.82) is 0 Å². The predicted molar refractivity (Wildman–Crippen MR) is 55.4 cm³/mol. The fourth-order valence-corrected chi connectivity index (χ4v) is 1.06. The Morgan fingerprint density at radius 2 is 2.06 bits per heavy atom. The summed E-state index contributed by atoms with van der Waals surface area (Å²) in [6.07, 6.45) is 0.926. The Morgan fingerprint density at radius 1 is 1.41 bits per heavy atom. The second-order valence-corrected chi connectivity index (χ2v) is 3.09. The van der Waals surface area contributed by atoms with Gasteiger partial charge in [-0.2, -0.15) is 5.10 Å². The van der Waals surface area contributed by atoms with Crippen molar-refractivity contribution in [2.75, 3.05) is 0 Å². The molecule has 0 radical (unpaired) electrons. The van der Waals surface area contributed by atoms with Gasteiger partial charge in [-0.05, 0) is 11.6 Å². The highest BCUT2D eigenvalue weighted by molar-refractivity contribution is 6.73. The first-order valence-electron chi connectivity index (χ1n) is 4.38. The van der Waals surface area contributed by atoms with Crippen molar-refractivity contribution < 1.29 is 22.1 Å². The van der Waals surface area contributed by atoms with Gasteiger partial charge in [0, 0.05) is 0 Å². The minimum atomic E-state index is -5.43. The molecule has 2 amide bonds. The summed E-state index contributed by atoms with van der Waals surface area (Å²) in [4.78, 5) is 10.2. The topological polar surface area (TPSA) is 67.5 Å². The number of amides is 2. The Labute approximate surface area is 93.5 Å². The number of carbonyl (C=O) groups excluding carboxylic acids is 1. The molecule has 0 saturated heterocycles. The van der Waals surface area contributed by atoms with Crippen molar-refractivity contribution in [2.24, 2.45) is 10.8 Å². The van der Waals surface area contributed by atoms with Crippen molar-refractivity contribution in [2.45, 2.75) is 0 Å². The molecular weight excluding hydrogens is 241 g/mol. The summed E-state index contributed by atoms with van der Waals surface area (Å²) in [6, 6.07) is 1.41. The van der Waals surface area contributed by atoms with E-state index in [9.17, 15) is 22.1 Å². The molecule has 92 valence electrons. The number of hydrazone groups is 1. The Kier molecular flexibility index (Phi) is 3.71.